The van der Waals surface area contributed by atoms with E-state index in [0.29, 0.717) is 13.2 Å². The van der Waals surface area contributed by atoms with Crippen molar-refractivity contribution in [2.24, 2.45) is 11.8 Å². The third kappa shape index (κ3) is 15.7. The third-order valence-corrected chi connectivity index (χ3v) is 9.14. The maximum Gasteiger partial charge on any atom is 0.514 e. The number of rotatable bonds is 17. The number of halogens is 1. The van der Waals surface area contributed by atoms with Crippen molar-refractivity contribution in [1.82, 2.24) is 10.6 Å². The van der Waals surface area contributed by atoms with Gasteiger partial charge in [0.25, 0.3) is 0 Å². The zero-order chi connectivity index (χ0) is 35.6. The fourth-order valence-electron chi connectivity index (χ4n) is 5.61. The molecule has 1 aliphatic carbocycles. The minimum atomic E-state index is -0.899. The van der Waals surface area contributed by atoms with Crippen molar-refractivity contribution in [3.05, 3.63) is 64.1 Å². The van der Waals surface area contributed by atoms with Crippen LogP contribution in [0.4, 0.5) is 9.59 Å². The number of carbonyl (C=O) groups excluding carboxylic acids is 4. The van der Waals surface area contributed by atoms with E-state index in [2.05, 4.69) is 33.5 Å². The lowest BCUT2D eigenvalue weighted by molar-refractivity contribution is -0.150. The molecule has 0 aromatic heterocycles. The molecule has 0 saturated heterocycles. The van der Waals surface area contributed by atoms with Gasteiger partial charge in [-0.2, -0.15) is 0 Å². The molecule has 11 heteroatoms. The first-order chi connectivity index (χ1) is 23.4. The lowest BCUT2D eigenvalue weighted by Gasteiger charge is -2.28. The van der Waals surface area contributed by atoms with Crippen LogP contribution in [0, 0.1) is 11.8 Å². The molecule has 0 bridgehead atoms. The molecule has 1 aliphatic rings. The molecule has 1 fully saturated rings. The fraction of sp³-hybridized carbons (Fsp3) is 0.579. The Hall–Kier alpha value is -3.60. The van der Waals surface area contributed by atoms with Crippen LogP contribution in [-0.4, -0.2) is 48.9 Å². The Bertz CT molecular complexity index is 1340. The second kappa shape index (κ2) is 20.8. The Morgan fingerprint density at radius 3 is 2.22 bits per heavy atom. The first-order valence-corrected chi connectivity index (χ1v) is 18.3. The summed E-state index contributed by atoms with van der Waals surface area (Å²) < 4.78 is 22.3. The summed E-state index contributed by atoms with van der Waals surface area (Å²) in [4.78, 5) is 50.8. The first-order valence-electron chi connectivity index (χ1n) is 17.5. The summed E-state index contributed by atoms with van der Waals surface area (Å²) in [6, 6.07) is 13.2. The number of ether oxygens (including phenoxy) is 4. The molecule has 0 heterocycles. The van der Waals surface area contributed by atoms with Crippen molar-refractivity contribution < 1.29 is 38.1 Å². The summed E-state index contributed by atoms with van der Waals surface area (Å²) in [5.74, 6) is -0.0148. The summed E-state index contributed by atoms with van der Waals surface area (Å²) >= 11 is 3.42. The number of benzene rings is 2. The molecule has 1 atom stereocenters. The van der Waals surface area contributed by atoms with Crippen LogP contribution in [0.25, 0.3) is 0 Å². The number of carbonyl (C=O) groups is 4. The Balaban J connectivity index is 1.47. The molecule has 2 N–H and O–H groups in total. The number of hydrogen-bond acceptors (Lipinski definition) is 8. The van der Waals surface area contributed by atoms with E-state index in [0.717, 1.165) is 54.1 Å². The monoisotopic (exact) mass is 744 g/mol. The first kappa shape index (κ1) is 39.8. The zero-order valence-electron chi connectivity index (χ0n) is 29.4. The molecule has 10 nitrogen and oxygen atoms in total. The maximum atomic E-state index is 13.4. The molecule has 1 saturated carbocycles. The van der Waals surface area contributed by atoms with Crippen LogP contribution in [-0.2, 0) is 36.8 Å². The molecule has 0 unspecified atom stereocenters. The molecule has 270 valence electrons. The smallest absolute Gasteiger partial charge is 0.465 e. The lowest BCUT2D eigenvalue weighted by Crippen LogP contribution is -2.50. The van der Waals surface area contributed by atoms with Gasteiger partial charge in [0.15, 0.2) is 0 Å². The average molecular weight is 746 g/mol. The largest absolute Gasteiger partial charge is 0.514 e. The fourth-order valence-corrected chi connectivity index (χ4v) is 6.01. The van der Waals surface area contributed by atoms with Crippen molar-refractivity contribution in [3.8, 4) is 5.75 Å². The Kier molecular flexibility index (Phi) is 16.9. The molecule has 2 aromatic carbocycles. The number of amides is 2. The molecule has 49 heavy (non-hydrogen) atoms. The molecule has 0 radical (unpaired) electrons. The normalized spacial score (nSPS) is 16.6. The highest BCUT2D eigenvalue weighted by Crippen LogP contribution is 2.29. The average Bonchev–Trinajstić information content (AvgIpc) is 3.06. The van der Waals surface area contributed by atoms with Crippen molar-refractivity contribution in [3.63, 3.8) is 0 Å². The summed E-state index contributed by atoms with van der Waals surface area (Å²) in [6.45, 7) is 8.45. The van der Waals surface area contributed by atoms with Crippen molar-refractivity contribution in [2.75, 3.05) is 13.2 Å². The van der Waals surface area contributed by atoms with Crippen molar-refractivity contribution >= 4 is 40.1 Å². The maximum absolute atomic E-state index is 13.4. The highest BCUT2D eigenvalue weighted by molar-refractivity contribution is 9.10. The SMILES string of the molecule is CCCCCCCCOC(=O)C1CCC(CNC(=O)[C@H](Cc2ccc(OC(=O)OCc3ccccc3Br)cc2)NC(=O)OC(C)(C)C)CC1. The molecule has 2 aromatic rings. The Morgan fingerprint density at radius 2 is 1.55 bits per heavy atom. The van der Waals surface area contributed by atoms with Crippen molar-refractivity contribution in [1.29, 1.82) is 0 Å². The molecule has 0 aliphatic heterocycles. The third-order valence-electron chi connectivity index (χ3n) is 8.36. The van der Waals surface area contributed by atoms with Crippen LogP contribution in [0.5, 0.6) is 5.75 Å². The summed E-state index contributed by atoms with van der Waals surface area (Å²) in [5, 5.41) is 5.71. The van der Waals surface area contributed by atoms with Crippen LogP contribution in [0.1, 0.15) is 103 Å². The van der Waals surface area contributed by atoms with Gasteiger partial charge in [-0.3, -0.25) is 9.59 Å². The number of esters is 1. The number of unbranched alkanes of at least 4 members (excludes halogenated alkanes) is 5. The minimum absolute atomic E-state index is 0.0543. The molecular weight excluding hydrogens is 692 g/mol. The number of alkyl carbamates (subject to hydrolysis) is 1. The van der Waals surface area contributed by atoms with E-state index < -0.39 is 23.9 Å². The topological polar surface area (TPSA) is 129 Å². The predicted octanol–water partition coefficient (Wildman–Crippen LogP) is 8.43. The molecule has 2 amide bonds. The van der Waals surface area contributed by atoms with Gasteiger partial charge in [0.05, 0.1) is 12.5 Å². The van der Waals surface area contributed by atoms with E-state index in [1.165, 1.54) is 25.7 Å². The summed E-state index contributed by atoms with van der Waals surface area (Å²) in [6.07, 6.45) is 8.65. The van der Waals surface area contributed by atoms with E-state index in [-0.39, 0.29) is 42.5 Å². The van der Waals surface area contributed by atoms with Gasteiger partial charge in [0, 0.05) is 23.0 Å². The van der Waals surface area contributed by atoms with Gasteiger partial charge in [-0.05, 0) is 82.6 Å². The highest BCUT2D eigenvalue weighted by atomic mass is 79.9. The van der Waals surface area contributed by atoms with Gasteiger partial charge < -0.3 is 29.6 Å². The van der Waals surface area contributed by atoms with Crippen LogP contribution in [0.15, 0.2) is 53.0 Å². The van der Waals surface area contributed by atoms with Crippen molar-refractivity contribution in [2.45, 2.75) is 117 Å². The van der Waals surface area contributed by atoms with Gasteiger partial charge in [-0.15, -0.1) is 0 Å². The zero-order valence-corrected chi connectivity index (χ0v) is 31.0. The second-order valence-electron chi connectivity index (χ2n) is 13.7. The van der Waals surface area contributed by atoms with E-state index in [9.17, 15) is 19.2 Å². The standard InChI is InChI=1S/C38H53BrN2O8/c1-5-6-7-8-9-12-23-46-35(43)29-19-15-28(16-20-29)25-40-34(42)33(41-36(44)49-38(2,3)4)24-27-17-21-31(22-18-27)48-37(45)47-26-30-13-10-11-14-32(30)39/h10-11,13-14,17-18,21-22,28-29,33H,5-9,12,15-16,19-20,23-26H2,1-4H3,(H,40,42)(H,41,44)/t28?,29?,33-/m0/s1. The van der Waals surface area contributed by atoms with E-state index in [1.807, 2.05) is 24.3 Å². The minimum Gasteiger partial charge on any atom is -0.465 e. The predicted molar refractivity (Wildman–Crippen MR) is 191 cm³/mol. The van der Waals surface area contributed by atoms with Gasteiger partial charge in [0.1, 0.15) is 24.0 Å². The van der Waals surface area contributed by atoms with Crippen LogP contribution in [0.2, 0.25) is 0 Å². The van der Waals surface area contributed by atoms with Gasteiger partial charge >= 0.3 is 18.2 Å². The Labute approximate surface area is 299 Å². The van der Waals surface area contributed by atoms with Crippen LogP contribution < -0.4 is 15.4 Å². The van der Waals surface area contributed by atoms with Crippen LogP contribution >= 0.6 is 15.9 Å². The second-order valence-corrected chi connectivity index (χ2v) is 14.5. The number of hydrogen-bond donors (Lipinski definition) is 2. The Morgan fingerprint density at radius 1 is 0.878 bits per heavy atom. The molecule has 3 rings (SSSR count). The van der Waals surface area contributed by atoms with E-state index in [4.69, 9.17) is 18.9 Å². The summed E-state index contributed by atoms with van der Waals surface area (Å²) in [7, 11) is 0. The van der Waals surface area contributed by atoms with E-state index >= 15 is 0 Å². The highest BCUT2D eigenvalue weighted by Gasteiger charge is 2.29. The molecule has 0 spiro atoms. The summed E-state index contributed by atoms with van der Waals surface area (Å²) in [5.41, 5.74) is 0.817. The number of nitrogens with one attached hydrogen (secondary N) is 2. The van der Waals surface area contributed by atoms with E-state index in [1.54, 1.807) is 45.0 Å². The van der Waals surface area contributed by atoms with Crippen LogP contribution in [0.3, 0.4) is 0 Å². The lowest BCUT2D eigenvalue weighted by atomic mass is 9.82. The van der Waals surface area contributed by atoms with Gasteiger partial charge in [0.2, 0.25) is 5.91 Å². The van der Waals surface area contributed by atoms with Gasteiger partial charge in [-0.1, -0.05) is 85.3 Å². The molecular formula is C38H53BrN2O8. The quantitative estimate of drug-likeness (QED) is 0.0715. The van der Waals surface area contributed by atoms with Gasteiger partial charge in [-0.25, -0.2) is 9.59 Å².